The number of benzene rings is 2. The molecule has 0 aliphatic rings. The Balaban J connectivity index is 2.53. The zero-order chi connectivity index (χ0) is 14.2. The van der Waals surface area contributed by atoms with Gasteiger partial charge in [-0.15, -0.1) is 11.6 Å². The highest BCUT2D eigenvalue weighted by Gasteiger charge is 2.20. The van der Waals surface area contributed by atoms with E-state index in [4.69, 9.17) is 23.2 Å². The lowest BCUT2D eigenvalue weighted by Crippen LogP contribution is -2.01. The van der Waals surface area contributed by atoms with E-state index in [1.54, 1.807) is 0 Å². The van der Waals surface area contributed by atoms with Gasteiger partial charge < -0.3 is 0 Å². The Kier molecular flexibility index (Phi) is 4.07. The summed E-state index contributed by atoms with van der Waals surface area (Å²) in [7, 11) is 0. The molecule has 0 spiro atoms. The van der Waals surface area contributed by atoms with Crippen LogP contribution in [0.4, 0.5) is 13.2 Å². The second-order valence-corrected chi connectivity index (χ2v) is 4.94. The molecule has 0 aliphatic heterocycles. The predicted molar refractivity (Wildman–Crippen MR) is 70.2 cm³/mol. The minimum Gasteiger partial charge on any atom is -0.207 e. The molecule has 19 heavy (non-hydrogen) atoms. The third-order valence-electron chi connectivity index (χ3n) is 2.81. The Morgan fingerprint density at radius 3 is 2.32 bits per heavy atom. The molecule has 0 aliphatic carbocycles. The Morgan fingerprint density at radius 1 is 0.947 bits per heavy atom. The van der Waals surface area contributed by atoms with Gasteiger partial charge in [0.15, 0.2) is 0 Å². The first kappa shape index (κ1) is 14.2. The molecule has 0 saturated carbocycles. The first-order valence-electron chi connectivity index (χ1n) is 5.45. The summed E-state index contributed by atoms with van der Waals surface area (Å²) in [6.45, 7) is 1.50. The van der Waals surface area contributed by atoms with E-state index in [2.05, 4.69) is 0 Å². The van der Waals surface area contributed by atoms with Crippen LogP contribution in [-0.4, -0.2) is 0 Å². The second kappa shape index (κ2) is 5.43. The van der Waals surface area contributed by atoms with Crippen molar-refractivity contribution < 1.29 is 13.2 Å². The molecule has 100 valence electrons. The quantitative estimate of drug-likeness (QED) is 0.652. The molecule has 2 rings (SSSR count). The monoisotopic (exact) mass is 304 g/mol. The van der Waals surface area contributed by atoms with Gasteiger partial charge in [-0.2, -0.15) is 0 Å². The number of rotatable bonds is 2. The lowest BCUT2D eigenvalue weighted by atomic mass is 10.0. The standard InChI is InChI=1S/C14H9Cl2F3/c1-7-5-9(12(19)6-11(7)18)13(15)8-3-2-4-10(17)14(8)16/h2-6,13H,1H3. The molecule has 0 aromatic heterocycles. The molecule has 0 bridgehead atoms. The highest BCUT2D eigenvalue weighted by atomic mass is 35.5. The summed E-state index contributed by atoms with van der Waals surface area (Å²) in [6, 6.07) is 6.17. The first-order valence-corrected chi connectivity index (χ1v) is 6.26. The lowest BCUT2D eigenvalue weighted by Gasteiger charge is -2.14. The molecule has 0 radical (unpaired) electrons. The summed E-state index contributed by atoms with van der Waals surface area (Å²) in [5, 5.41) is -1.15. The van der Waals surface area contributed by atoms with E-state index in [-0.39, 0.29) is 21.7 Å². The van der Waals surface area contributed by atoms with Crippen molar-refractivity contribution in [1.29, 1.82) is 0 Å². The largest absolute Gasteiger partial charge is 0.207 e. The molecule has 0 saturated heterocycles. The van der Waals surface area contributed by atoms with Gasteiger partial charge in [0.25, 0.3) is 0 Å². The van der Waals surface area contributed by atoms with E-state index in [0.29, 0.717) is 0 Å². The van der Waals surface area contributed by atoms with Crippen molar-refractivity contribution in [3.8, 4) is 0 Å². The number of halogens is 5. The van der Waals surface area contributed by atoms with E-state index in [0.717, 1.165) is 6.07 Å². The van der Waals surface area contributed by atoms with E-state index in [9.17, 15) is 13.2 Å². The number of alkyl halides is 1. The minimum atomic E-state index is -0.984. The Labute approximate surface area is 118 Å². The number of hydrogen-bond donors (Lipinski definition) is 0. The summed E-state index contributed by atoms with van der Waals surface area (Å²) in [5.41, 5.74) is 0.566. The van der Waals surface area contributed by atoms with Crippen LogP contribution in [0.5, 0.6) is 0 Å². The fraction of sp³-hybridized carbons (Fsp3) is 0.143. The van der Waals surface area contributed by atoms with Gasteiger partial charge in [-0.1, -0.05) is 23.7 Å². The van der Waals surface area contributed by atoms with E-state index in [1.165, 1.54) is 31.2 Å². The minimum absolute atomic E-state index is 0.0630. The van der Waals surface area contributed by atoms with Crippen molar-refractivity contribution in [2.24, 2.45) is 0 Å². The average Bonchev–Trinajstić information content (AvgIpc) is 2.36. The number of aryl methyl sites for hydroxylation is 1. The molecule has 0 nitrogen and oxygen atoms in total. The zero-order valence-electron chi connectivity index (χ0n) is 9.85. The van der Waals surface area contributed by atoms with Gasteiger partial charge in [0, 0.05) is 11.6 Å². The van der Waals surface area contributed by atoms with Crippen molar-refractivity contribution in [1.82, 2.24) is 0 Å². The van der Waals surface area contributed by atoms with Gasteiger partial charge in [-0.25, -0.2) is 13.2 Å². The van der Waals surface area contributed by atoms with Crippen LogP contribution in [0.1, 0.15) is 22.1 Å². The summed E-state index contributed by atoms with van der Waals surface area (Å²) in [6.07, 6.45) is 0. The van der Waals surface area contributed by atoms with Crippen LogP contribution in [0.3, 0.4) is 0 Å². The van der Waals surface area contributed by atoms with Crippen molar-refractivity contribution in [3.63, 3.8) is 0 Å². The van der Waals surface area contributed by atoms with Crippen LogP contribution < -0.4 is 0 Å². The maximum atomic E-state index is 13.7. The Morgan fingerprint density at radius 2 is 1.63 bits per heavy atom. The highest BCUT2D eigenvalue weighted by molar-refractivity contribution is 6.33. The van der Waals surface area contributed by atoms with Crippen LogP contribution >= 0.6 is 23.2 Å². The van der Waals surface area contributed by atoms with Crippen molar-refractivity contribution in [3.05, 3.63) is 69.5 Å². The molecule has 0 N–H and O–H groups in total. The predicted octanol–water partition coefficient (Wildman–Crippen LogP) is 5.39. The van der Waals surface area contributed by atoms with Gasteiger partial charge in [0.2, 0.25) is 0 Å². The zero-order valence-corrected chi connectivity index (χ0v) is 11.4. The van der Waals surface area contributed by atoms with E-state index < -0.39 is 22.8 Å². The van der Waals surface area contributed by atoms with Gasteiger partial charge in [0.05, 0.1) is 10.4 Å². The van der Waals surface area contributed by atoms with Gasteiger partial charge in [-0.3, -0.25) is 0 Å². The van der Waals surface area contributed by atoms with E-state index >= 15 is 0 Å². The maximum Gasteiger partial charge on any atom is 0.142 e. The molecular formula is C14H9Cl2F3. The molecule has 1 unspecified atom stereocenters. The summed E-state index contributed by atoms with van der Waals surface area (Å²) >= 11 is 11.9. The van der Waals surface area contributed by atoms with Crippen LogP contribution in [-0.2, 0) is 0 Å². The summed E-state index contributed by atoms with van der Waals surface area (Å²) < 4.78 is 40.3. The van der Waals surface area contributed by atoms with Gasteiger partial charge in [-0.05, 0) is 30.2 Å². The Bertz CT molecular complexity index is 626. The number of hydrogen-bond acceptors (Lipinski definition) is 0. The summed E-state index contributed by atoms with van der Waals surface area (Å²) in [4.78, 5) is 0. The molecule has 5 heteroatoms. The maximum absolute atomic E-state index is 13.7. The van der Waals surface area contributed by atoms with Crippen molar-refractivity contribution in [2.75, 3.05) is 0 Å². The van der Waals surface area contributed by atoms with Gasteiger partial charge >= 0.3 is 0 Å². The van der Waals surface area contributed by atoms with Crippen molar-refractivity contribution >= 4 is 23.2 Å². The molecular weight excluding hydrogens is 296 g/mol. The first-order chi connectivity index (χ1) is 8.91. The molecule has 2 aromatic carbocycles. The SMILES string of the molecule is Cc1cc(C(Cl)c2cccc(F)c2Cl)c(F)cc1F. The molecule has 0 heterocycles. The Hall–Kier alpha value is -1.19. The van der Waals surface area contributed by atoms with Crippen molar-refractivity contribution in [2.45, 2.75) is 12.3 Å². The highest BCUT2D eigenvalue weighted by Crippen LogP contribution is 2.36. The third kappa shape index (κ3) is 2.72. The van der Waals surface area contributed by atoms with E-state index in [1.807, 2.05) is 0 Å². The van der Waals surface area contributed by atoms with Crippen LogP contribution in [0.25, 0.3) is 0 Å². The molecule has 2 aromatic rings. The lowest BCUT2D eigenvalue weighted by molar-refractivity contribution is 0.567. The topological polar surface area (TPSA) is 0 Å². The molecule has 0 fully saturated rings. The fourth-order valence-electron chi connectivity index (χ4n) is 1.76. The molecule has 0 amide bonds. The summed E-state index contributed by atoms with van der Waals surface area (Å²) in [5.74, 6) is -2.08. The molecule has 1 atom stereocenters. The average molecular weight is 305 g/mol. The van der Waals surface area contributed by atoms with Crippen LogP contribution in [0.2, 0.25) is 5.02 Å². The van der Waals surface area contributed by atoms with Gasteiger partial charge in [0.1, 0.15) is 17.5 Å². The smallest absolute Gasteiger partial charge is 0.142 e. The van der Waals surface area contributed by atoms with Crippen LogP contribution in [0.15, 0.2) is 30.3 Å². The second-order valence-electron chi connectivity index (χ2n) is 4.13. The third-order valence-corrected chi connectivity index (χ3v) is 3.67. The van der Waals surface area contributed by atoms with Crippen LogP contribution in [0, 0.1) is 24.4 Å². The fourth-order valence-corrected chi connectivity index (χ4v) is 2.40. The normalized spacial score (nSPS) is 12.5.